The molecule has 0 spiro atoms. The van der Waals surface area contributed by atoms with Gasteiger partial charge < -0.3 is 15.2 Å². The first-order valence-corrected chi connectivity index (χ1v) is 4.88. The molecule has 1 atom stereocenters. The van der Waals surface area contributed by atoms with Crippen molar-refractivity contribution in [3.8, 4) is 0 Å². The summed E-state index contributed by atoms with van der Waals surface area (Å²) in [7, 11) is 1.72. The van der Waals surface area contributed by atoms with Gasteiger partial charge in [0.25, 0.3) is 0 Å². The molecular formula is C10H23NO2. The molecule has 0 heterocycles. The van der Waals surface area contributed by atoms with Crippen molar-refractivity contribution in [3.05, 3.63) is 0 Å². The van der Waals surface area contributed by atoms with E-state index >= 15 is 0 Å². The number of hydrogen-bond acceptors (Lipinski definition) is 3. The van der Waals surface area contributed by atoms with E-state index in [9.17, 15) is 5.11 Å². The molecule has 0 aromatic rings. The summed E-state index contributed by atoms with van der Waals surface area (Å²) in [5.74, 6) is 0.534. The van der Waals surface area contributed by atoms with Crippen LogP contribution in [0, 0.1) is 5.92 Å². The lowest BCUT2D eigenvalue weighted by Gasteiger charge is -2.18. The smallest absolute Gasteiger partial charge is 0.0603 e. The summed E-state index contributed by atoms with van der Waals surface area (Å²) in [5, 5.41) is 12.7. The Balaban J connectivity index is 3.25. The zero-order valence-corrected chi connectivity index (χ0v) is 9.26. The van der Waals surface area contributed by atoms with E-state index in [0.29, 0.717) is 5.92 Å². The van der Waals surface area contributed by atoms with Gasteiger partial charge in [-0.05, 0) is 39.3 Å². The van der Waals surface area contributed by atoms with Crippen molar-refractivity contribution in [1.82, 2.24) is 5.32 Å². The summed E-state index contributed by atoms with van der Waals surface area (Å²) in [6, 6.07) is 0. The van der Waals surface area contributed by atoms with Crippen LogP contribution in [0.2, 0.25) is 0 Å². The van der Waals surface area contributed by atoms with Crippen molar-refractivity contribution in [1.29, 1.82) is 0 Å². The van der Waals surface area contributed by atoms with Crippen molar-refractivity contribution in [2.24, 2.45) is 5.92 Å². The average molecular weight is 189 g/mol. The van der Waals surface area contributed by atoms with Crippen LogP contribution in [0.15, 0.2) is 0 Å². The Labute approximate surface area is 81.5 Å². The van der Waals surface area contributed by atoms with E-state index in [1.807, 2.05) is 13.8 Å². The van der Waals surface area contributed by atoms with Gasteiger partial charge in [0.1, 0.15) is 0 Å². The molecule has 0 rings (SSSR count). The molecular weight excluding hydrogens is 166 g/mol. The Morgan fingerprint density at radius 1 is 1.46 bits per heavy atom. The Morgan fingerprint density at radius 2 is 2.08 bits per heavy atom. The predicted molar refractivity (Wildman–Crippen MR) is 54.8 cm³/mol. The molecule has 0 saturated heterocycles. The van der Waals surface area contributed by atoms with E-state index in [4.69, 9.17) is 4.74 Å². The third kappa shape index (κ3) is 9.80. The van der Waals surface area contributed by atoms with E-state index in [0.717, 1.165) is 26.1 Å². The lowest BCUT2D eigenvalue weighted by molar-refractivity contribution is 0.0704. The molecule has 0 fully saturated rings. The second-order valence-corrected chi connectivity index (χ2v) is 4.33. The highest BCUT2D eigenvalue weighted by Gasteiger charge is 2.11. The van der Waals surface area contributed by atoms with Crippen LogP contribution in [0.25, 0.3) is 0 Å². The minimum absolute atomic E-state index is 0.534. The molecule has 3 heteroatoms. The van der Waals surface area contributed by atoms with Gasteiger partial charge in [-0.1, -0.05) is 6.92 Å². The van der Waals surface area contributed by atoms with E-state index in [-0.39, 0.29) is 0 Å². The summed E-state index contributed by atoms with van der Waals surface area (Å²) >= 11 is 0. The highest BCUT2D eigenvalue weighted by Crippen LogP contribution is 2.05. The average Bonchev–Trinajstić information content (AvgIpc) is 1.97. The third-order valence-corrected chi connectivity index (χ3v) is 1.86. The van der Waals surface area contributed by atoms with Crippen LogP contribution >= 0.6 is 0 Å². The van der Waals surface area contributed by atoms with Crippen LogP contribution in [0.3, 0.4) is 0 Å². The molecule has 0 amide bonds. The number of hydrogen-bond donors (Lipinski definition) is 2. The van der Waals surface area contributed by atoms with Gasteiger partial charge in [0.15, 0.2) is 0 Å². The van der Waals surface area contributed by atoms with Crippen LogP contribution in [0.1, 0.15) is 27.2 Å². The summed E-state index contributed by atoms with van der Waals surface area (Å²) < 4.78 is 5.01. The molecule has 80 valence electrons. The molecule has 0 aliphatic carbocycles. The minimum Gasteiger partial charge on any atom is -0.390 e. The van der Waals surface area contributed by atoms with Gasteiger partial charge in [0.2, 0.25) is 0 Å². The van der Waals surface area contributed by atoms with E-state index in [1.165, 1.54) is 0 Å². The zero-order valence-electron chi connectivity index (χ0n) is 9.26. The molecule has 0 saturated carbocycles. The van der Waals surface area contributed by atoms with Crippen LogP contribution in [0.5, 0.6) is 0 Å². The minimum atomic E-state index is -0.558. The fraction of sp³-hybridized carbons (Fsp3) is 1.00. The normalized spacial score (nSPS) is 14.5. The molecule has 0 bridgehead atoms. The molecule has 0 aromatic carbocycles. The molecule has 1 unspecified atom stereocenters. The zero-order chi connectivity index (χ0) is 10.3. The fourth-order valence-electron chi connectivity index (χ4n) is 1.09. The molecule has 0 aliphatic rings. The summed E-state index contributed by atoms with van der Waals surface area (Å²) in [5.41, 5.74) is -0.558. The van der Waals surface area contributed by atoms with Gasteiger partial charge in [-0.2, -0.15) is 0 Å². The summed E-state index contributed by atoms with van der Waals surface area (Å²) in [6.45, 7) is 8.39. The molecule has 3 nitrogen and oxygen atoms in total. The standard InChI is InChI=1S/C10H23NO2/c1-9(8-13-4)7-11-6-5-10(2,3)12/h9,11-12H,5-8H2,1-4H3. The number of methoxy groups -OCH3 is 1. The number of rotatable bonds is 7. The van der Waals surface area contributed by atoms with Gasteiger partial charge >= 0.3 is 0 Å². The monoisotopic (exact) mass is 189 g/mol. The molecule has 0 radical (unpaired) electrons. The molecule has 2 N–H and O–H groups in total. The Kier molecular flexibility index (Phi) is 6.29. The van der Waals surface area contributed by atoms with Gasteiger partial charge in [-0.3, -0.25) is 0 Å². The van der Waals surface area contributed by atoms with Gasteiger partial charge in [0, 0.05) is 13.7 Å². The second kappa shape index (κ2) is 6.35. The Hall–Kier alpha value is -0.120. The molecule has 0 aliphatic heterocycles. The number of ether oxygens (including phenoxy) is 1. The Morgan fingerprint density at radius 3 is 2.54 bits per heavy atom. The van der Waals surface area contributed by atoms with E-state index in [2.05, 4.69) is 12.2 Å². The van der Waals surface area contributed by atoms with Crippen molar-refractivity contribution >= 4 is 0 Å². The summed E-state index contributed by atoms with van der Waals surface area (Å²) in [4.78, 5) is 0. The first-order chi connectivity index (χ1) is 5.95. The van der Waals surface area contributed by atoms with Crippen molar-refractivity contribution in [2.45, 2.75) is 32.8 Å². The topological polar surface area (TPSA) is 41.5 Å². The highest BCUT2D eigenvalue weighted by atomic mass is 16.5. The van der Waals surface area contributed by atoms with Crippen LogP contribution < -0.4 is 5.32 Å². The Bertz CT molecular complexity index is 121. The number of aliphatic hydroxyl groups is 1. The fourth-order valence-corrected chi connectivity index (χ4v) is 1.09. The lowest BCUT2D eigenvalue weighted by Crippen LogP contribution is -2.30. The van der Waals surface area contributed by atoms with Crippen molar-refractivity contribution in [2.75, 3.05) is 26.8 Å². The maximum Gasteiger partial charge on any atom is 0.0603 e. The first-order valence-electron chi connectivity index (χ1n) is 4.88. The molecule has 13 heavy (non-hydrogen) atoms. The van der Waals surface area contributed by atoms with Gasteiger partial charge in [0.05, 0.1) is 5.60 Å². The van der Waals surface area contributed by atoms with Crippen molar-refractivity contribution < 1.29 is 9.84 Å². The quantitative estimate of drug-likeness (QED) is 0.588. The van der Waals surface area contributed by atoms with E-state index in [1.54, 1.807) is 7.11 Å². The summed E-state index contributed by atoms with van der Waals surface area (Å²) in [6.07, 6.45) is 0.784. The SMILES string of the molecule is COCC(C)CNCCC(C)(C)O. The van der Waals surface area contributed by atoms with Crippen LogP contribution in [-0.4, -0.2) is 37.5 Å². The van der Waals surface area contributed by atoms with Gasteiger partial charge in [-0.15, -0.1) is 0 Å². The predicted octanol–water partition coefficient (Wildman–Crippen LogP) is 1.02. The van der Waals surface area contributed by atoms with Crippen LogP contribution in [0.4, 0.5) is 0 Å². The number of nitrogens with one attached hydrogen (secondary N) is 1. The van der Waals surface area contributed by atoms with Crippen molar-refractivity contribution in [3.63, 3.8) is 0 Å². The highest BCUT2D eigenvalue weighted by molar-refractivity contribution is 4.67. The van der Waals surface area contributed by atoms with Gasteiger partial charge in [-0.25, -0.2) is 0 Å². The third-order valence-electron chi connectivity index (χ3n) is 1.86. The maximum atomic E-state index is 9.42. The maximum absolute atomic E-state index is 9.42. The lowest BCUT2D eigenvalue weighted by atomic mass is 10.1. The van der Waals surface area contributed by atoms with Crippen LogP contribution in [-0.2, 0) is 4.74 Å². The first kappa shape index (κ1) is 12.9. The molecule has 0 aromatic heterocycles. The second-order valence-electron chi connectivity index (χ2n) is 4.33. The largest absolute Gasteiger partial charge is 0.390 e. The van der Waals surface area contributed by atoms with E-state index < -0.39 is 5.60 Å².